The summed E-state index contributed by atoms with van der Waals surface area (Å²) in [5.41, 5.74) is 0.527. The van der Waals surface area contributed by atoms with Crippen LogP contribution >= 0.6 is 11.6 Å². The highest BCUT2D eigenvalue weighted by Crippen LogP contribution is 2.27. The molecule has 0 saturated carbocycles. The lowest BCUT2D eigenvalue weighted by Gasteiger charge is -2.15. The smallest absolute Gasteiger partial charge is 0.338 e. The van der Waals surface area contributed by atoms with Crippen molar-refractivity contribution >= 4 is 33.9 Å². The Morgan fingerprint density at radius 2 is 1.92 bits per heavy atom. The van der Waals surface area contributed by atoms with Gasteiger partial charge in [-0.25, -0.2) is 4.39 Å². The van der Waals surface area contributed by atoms with Crippen molar-refractivity contribution in [2.45, 2.75) is 18.0 Å². The van der Waals surface area contributed by atoms with Crippen LogP contribution in [-0.4, -0.2) is 29.0 Å². The van der Waals surface area contributed by atoms with Crippen LogP contribution in [0.4, 0.5) is 23.2 Å². The number of hydrogen-bond acceptors (Lipinski definition) is 2. The van der Waals surface area contributed by atoms with Crippen LogP contribution in [0.15, 0.2) is 46.3 Å². The third-order valence-corrected chi connectivity index (χ3v) is 5.26. The molecule has 0 fully saturated rings. The predicted octanol–water partition coefficient (Wildman–Crippen LogP) is 4.95. The van der Waals surface area contributed by atoms with E-state index in [9.17, 15) is 21.8 Å². The van der Waals surface area contributed by atoms with Gasteiger partial charge in [-0.2, -0.15) is 13.2 Å². The highest BCUT2D eigenvalue weighted by molar-refractivity contribution is 7.85. The third kappa shape index (κ3) is 5.04. The number of nitrogens with one attached hydrogen (secondary N) is 1. The fraction of sp³-hybridized carbons (Fsp3) is 0.235. The lowest BCUT2D eigenvalue weighted by Crippen LogP contribution is -2.20. The summed E-state index contributed by atoms with van der Waals surface area (Å²) in [5, 5.41) is 3.08. The Balaban J connectivity index is 2.39. The van der Waals surface area contributed by atoms with Gasteiger partial charge >= 0.3 is 6.18 Å². The Morgan fingerprint density at radius 3 is 2.50 bits per heavy atom. The molecule has 0 heterocycles. The van der Waals surface area contributed by atoms with Crippen LogP contribution in [-0.2, 0) is 10.8 Å². The van der Waals surface area contributed by atoms with E-state index in [0.717, 1.165) is 12.1 Å². The summed E-state index contributed by atoms with van der Waals surface area (Å²) in [6.07, 6.45) is -4.59. The average Bonchev–Trinajstić information content (AvgIpc) is 2.53. The molecule has 2 aromatic rings. The molecule has 1 unspecified atom stereocenters. The first-order valence-corrected chi connectivity index (χ1v) is 9.06. The summed E-state index contributed by atoms with van der Waals surface area (Å²) < 4.78 is 63.8. The van der Waals surface area contributed by atoms with E-state index in [0.29, 0.717) is 10.6 Å². The molecule has 0 aliphatic heterocycles. The molecule has 2 rings (SSSR count). The van der Waals surface area contributed by atoms with E-state index >= 15 is 0 Å². The molecule has 9 heteroatoms. The molecule has 0 amide bonds. The van der Waals surface area contributed by atoms with E-state index in [2.05, 4.69) is 10.3 Å². The van der Waals surface area contributed by atoms with E-state index in [-0.39, 0.29) is 22.0 Å². The van der Waals surface area contributed by atoms with E-state index in [4.69, 9.17) is 11.6 Å². The largest absolute Gasteiger partial charge is 0.400 e. The second-order valence-electron chi connectivity index (χ2n) is 5.38. The number of hydrogen-bond donors (Lipinski definition) is 1. The van der Waals surface area contributed by atoms with Gasteiger partial charge in [0.05, 0.1) is 21.5 Å². The Bertz CT molecular complexity index is 868. The highest BCUT2D eigenvalue weighted by Gasteiger charge is 2.32. The molecule has 140 valence electrons. The van der Waals surface area contributed by atoms with E-state index in [1.165, 1.54) is 14.0 Å². The summed E-state index contributed by atoms with van der Waals surface area (Å²) in [5.74, 6) is -1.98. The number of amidine groups is 1. The van der Waals surface area contributed by atoms with Gasteiger partial charge in [0, 0.05) is 17.5 Å². The number of anilines is 1. The van der Waals surface area contributed by atoms with Gasteiger partial charge in [0.1, 0.15) is 17.4 Å². The number of rotatable bonds is 4. The topological polar surface area (TPSA) is 41.5 Å². The minimum absolute atomic E-state index is 0.0964. The lowest BCUT2D eigenvalue weighted by molar-refractivity contribution is -0.105. The van der Waals surface area contributed by atoms with Crippen molar-refractivity contribution in [2.75, 3.05) is 18.1 Å². The molecule has 26 heavy (non-hydrogen) atoms. The second kappa shape index (κ2) is 8.18. The van der Waals surface area contributed by atoms with Gasteiger partial charge in [0.15, 0.2) is 0 Å². The maximum absolute atomic E-state index is 14.3. The van der Waals surface area contributed by atoms with Crippen LogP contribution in [0.5, 0.6) is 0 Å². The van der Waals surface area contributed by atoms with Crippen molar-refractivity contribution in [3.8, 4) is 0 Å². The fourth-order valence-electron chi connectivity index (χ4n) is 2.24. The summed E-state index contributed by atoms with van der Waals surface area (Å²) in [7, 11) is -0.887. The number of nitrogens with zero attached hydrogens (tertiary/aromatic N) is 1. The summed E-state index contributed by atoms with van der Waals surface area (Å²) in [4.78, 5) is 3.91. The zero-order chi connectivity index (χ0) is 19.5. The zero-order valence-electron chi connectivity index (χ0n) is 13.8. The van der Waals surface area contributed by atoms with Crippen LogP contribution in [0.3, 0.4) is 0 Å². The van der Waals surface area contributed by atoms with Crippen LogP contribution in [0.1, 0.15) is 11.1 Å². The van der Waals surface area contributed by atoms with Crippen molar-refractivity contribution in [3.05, 3.63) is 58.4 Å². The van der Waals surface area contributed by atoms with Crippen LogP contribution in [0.2, 0.25) is 5.02 Å². The average molecular weight is 407 g/mol. The Morgan fingerprint density at radius 1 is 1.27 bits per heavy atom. The van der Waals surface area contributed by atoms with Gasteiger partial charge in [0.2, 0.25) is 0 Å². The minimum Gasteiger partial charge on any atom is -0.338 e. The zero-order valence-corrected chi connectivity index (χ0v) is 15.4. The molecule has 0 bridgehead atoms. The molecule has 0 radical (unpaired) electrons. The first-order valence-electron chi connectivity index (χ1n) is 7.36. The maximum atomic E-state index is 14.3. The first kappa shape index (κ1) is 20.4. The number of aliphatic imine (C=N–C) groups is 1. The molecule has 0 spiro atoms. The molecule has 0 saturated heterocycles. The third-order valence-electron chi connectivity index (χ3n) is 3.41. The molecular formula is C17H15ClF4N2OS. The van der Waals surface area contributed by atoms with Crippen molar-refractivity contribution in [1.82, 2.24) is 0 Å². The molecule has 1 atom stereocenters. The quantitative estimate of drug-likeness (QED) is 0.443. The molecular weight excluding hydrogens is 392 g/mol. The molecule has 0 aliphatic rings. The monoisotopic (exact) mass is 406 g/mol. The van der Waals surface area contributed by atoms with Crippen molar-refractivity contribution in [2.24, 2.45) is 4.99 Å². The molecule has 0 aliphatic carbocycles. The van der Waals surface area contributed by atoms with Gasteiger partial charge in [-0.1, -0.05) is 23.7 Å². The van der Waals surface area contributed by atoms with E-state index in [1.54, 1.807) is 24.3 Å². The lowest BCUT2D eigenvalue weighted by atomic mass is 10.1. The van der Waals surface area contributed by atoms with Gasteiger partial charge in [-0.15, -0.1) is 0 Å². The van der Waals surface area contributed by atoms with Crippen LogP contribution in [0, 0.1) is 12.7 Å². The summed E-state index contributed by atoms with van der Waals surface area (Å²) in [6, 6.07) is 8.85. The number of alkyl halides is 3. The van der Waals surface area contributed by atoms with Crippen LogP contribution in [0.25, 0.3) is 0 Å². The SMILES string of the molecule is CN=C(Nc1cc(S(=O)CC(F)(F)F)c(C)cc1F)c1ccccc1Cl. The Labute approximate surface area is 155 Å². The highest BCUT2D eigenvalue weighted by atomic mass is 35.5. The predicted molar refractivity (Wildman–Crippen MR) is 96.0 cm³/mol. The fourth-order valence-corrected chi connectivity index (χ4v) is 3.59. The summed E-state index contributed by atoms with van der Waals surface area (Å²) in [6.45, 7) is 1.40. The molecule has 2 aromatic carbocycles. The molecule has 1 N–H and O–H groups in total. The van der Waals surface area contributed by atoms with Crippen molar-refractivity contribution in [3.63, 3.8) is 0 Å². The standard InChI is InChI=1S/C17H15ClF4N2OS/c1-10-7-13(19)14(8-15(10)26(25)9-17(20,21)22)24-16(23-2)11-5-3-4-6-12(11)18/h3-8H,9H2,1-2H3,(H,23,24). The normalized spacial score (nSPS) is 13.6. The van der Waals surface area contributed by atoms with Gasteiger partial charge < -0.3 is 5.32 Å². The first-order chi connectivity index (χ1) is 12.1. The molecule has 3 nitrogen and oxygen atoms in total. The summed E-state index contributed by atoms with van der Waals surface area (Å²) >= 11 is 6.10. The van der Waals surface area contributed by atoms with Crippen LogP contribution < -0.4 is 5.32 Å². The second-order valence-corrected chi connectivity index (χ2v) is 7.21. The van der Waals surface area contributed by atoms with Crippen molar-refractivity contribution in [1.29, 1.82) is 0 Å². The maximum Gasteiger partial charge on any atom is 0.400 e. The van der Waals surface area contributed by atoms with Gasteiger partial charge in [-0.05, 0) is 36.8 Å². The Hall–Kier alpha value is -1.93. The van der Waals surface area contributed by atoms with Gasteiger partial charge in [0.25, 0.3) is 0 Å². The van der Waals surface area contributed by atoms with Gasteiger partial charge in [-0.3, -0.25) is 9.20 Å². The minimum atomic E-state index is -4.59. The van der Waals surface area contributed by atoms with Crippen molar-refractivity contribution < 1.29 is 21.8 Å². The number of aryl methyl sites for hydroxylation is 1. The van der Waals surface area contributed by atoms with E-state index < -0.39 is 28.5 Å². The Kier molecular flexibility index (Phi) is 6.41. The number of benzene rings is 2. The number of halogens is 5. The van der Waals surface area contributed by atoms with E-state index in [1.807, 2.05) is 0 Å². The molecule has 0 aromatic heterocycles.